The second-order valence-electron chi connectivity index (χ2n) is 3.72. The van der Waals surface area contributed by atoms with E-state index in [2.05, 4.69) is 26.0 Å². The number of carbonyl (C=O) groups excluding carboxylic acids is 2. The molecule has 0 spiro atoms. The Morgan fingerprint density at radius 1 is 1.26 bits per heavy atom. The number of hydrogen-bond acceptors (Lipinski definition) is 3. The minimum absolute atomic E-state index is 0.0452. The Hall–Kier alpha value is -1.50. The number of nitrogens with one attached hydrogen (secondary N) is 1. The lowest BCUT2D eigenvalue weighted by molar-refractivity contribution is -0.140. The van der Waals surface area contributed by atoms with Gasteiger partial charge in [-0.15, -0.1) is 0 Å². The first-order valence-corrected chi connectivity index (χ1v) is 6.24. The fraction of sp³-hybridized carbons (Fsp3) is 0.333. The Morgan fingerprint density at radius 2 is 1.95 bits per heavy atom. The molecular weight excluding hydrogens is 324 g/mol. The first kappa shape index (κ1) is 15.6. The lowest BCUT2D eigenvalue weighted by Gasteiger charge is -2.07. The van der Waals surface area contributed by atoms with Crippen LogP contribution in [0, 0.1) is 11.6 Å². The number of methoxy groups -OCH3 is 1. The molecule has 0 aliphatic carbocycles. The Balaban J connectivity index is 2.53. The number of rotatable bonds is 5. The molecular formula is C12H12BrF2NO3. The van der Waals surface area contributed by atoms with Crippen LogP contribution in [0.1, 0.15) is 19.3 Å². The number of carbonyl (C=O) groups is 2. The summed E-state index contributed by atoms with van der Waals surface area (Å²) in [7, 11) is 1.26. The number of halogens is 3. The van der Waals surface area contributed by atoms with Crippen molar-refractivity contribution in [2.45, 2.75) is 19.3 Å². The van der Waals surface area contributed by atoms with E-state index in [-0.39, 0.29) is 23.0 Å². The SMILES string of the molecule is COC(=O)CCCC(=O)Nc1cc(Br)c(F)cc1F. The fourth-order valence-corrected chi connectivity index (χ4v) is 1.67. The molecule has 0 saturated heterocycles. The van der Waals surface area contributed by atoms with Crippen LogP contribution < -0.4 is 5.32 Å². The minimum atomic E-state index is -0.859. The molecule has 104 valence electrons. The average Bonchev–Trinajstić information content (AvgIpc) is 2.35. The predicted octanol–water partition coefficient (Wildman–Crippen LogP) is 3.01. The molecule has 0 atom stereocenters. The van der Waals surface area contributed by atoms with Gasteiger partial charge in [0.15, 0.2) is 0 Å². The van der Waals surface area contributed by atoms with Crippen LogP contribution in [0.5, 0.6) is 0 Å². The summed E-state index contributed by atoms with van der Waals surface area (Å²) in [6.45, 7) is 0. The quantitative estimate of drug-likeness (QED) is 0.664. The minimum Gasteiger partial charge on any atom is -0.469 e. The maximum Gasteiger partial charge on any atom is 0.305 e. The van der Waals surface area contributed by atoms with Gasteiger partial charge in [-0.1, -0.05) is 0 Å². The van der Waals surface area contributed by atoms with E-state index >= 15 is 0 Å². The van der Waals surface area contributed by atoms with Gasteiger partial charge < -0.3 is 10.1 Å². The first-order valence-electron chi connectivity index (χ1n) is 5.45. The Kier molecular flexibility index (Phi) is 5.88. The van der Waals surface area contributed by atoms with Gasteiger partial charge in [0.1, 0.15) is 11.6 Å². The fourth-order valence-electron chi connectivity index (χ4n) is 1.33. The van der Waals surface area contributed by atoms with E-state index in [0.717, 1.165) is 6.07 Å². The molecule has 1 aromatic carbocycles. The maximum atomic E-state index is 13.3. The smallest absolute Gasteiger partial charge is 0.305 e. The van der Waals surface area contributed by atoms with Gasteiger partial charge in [-0.25, -0.2) is 8.78 Å². The van der Waals surface area contributed by atoms with Gasteiger partial charge in [-0.2, -0.15) is 0 Å². The number of amides is 1. The molecule has 0 aliphatic rings. The van der Waals surface area contributed by atoms with Crippen molar-refractivity contribution in [1.82, 2.24) is 0 Å². The van der Waals surface area contributed by atoms with Crippen LogP contribution in [-0.2, 0) is 14.3 Å². The third-order valence-corrected chi connectivity index (χ3v) is 2.90. The molecule has 0 aromatic heterocycles. The molecule has 0 fully saturated rings. The zero-order chi connectivity index (χ0) is 14.4. The number of esters is 1. The molecule has 7 heteroatoms. The Labute approximate surface area is 117 Å². The third kappa shape index (κ3) is 4.94. The molecule has 0 unspecified atom stereocenters. The number of hydrogen-bond donors (Lipinski definition) is 1. The summed E-state index contributed by atoms with van der Waals surface area (Å²) in [4.78, 5) is 22.3. The Bertz CT molecular complexity index is 494. The van der Waals surface area contributed by atoms with Crippen LogP contribution in [0.3, 0.4) is 0 Å². The summed E-state index contributed by atoms with van der Waals surface area (Å²) in [5.74, 6) is -2.48. The Morgan fingerprint density at radius 3 is 2.58 bits per heavy atom. The van der Waals surface area contributed by atoms with E-state index < -0.39 is 23.5 Å². The van der Waals surface area contributed by atoms with Crippen molar-refractivity contribution < 1.29 is 23.1 Å². The van der Waals surface area contributed by atoms with Gasteiger partial charge in [0.25, 0.3) is 0 Å². The second-order valence-corrected chi connectivity index (χ2v) is 4.58. The predicted molar refractivity (Wildman–Crippen MR) is 68.6 cm³/mol. The van der Waals surface area contributed by atoms with Crippen LogP contribution in [-0.4, -0.2) is 19.0 Å². The summed E-state index contributed by atoms with van der Waals surface area (Å²) < 4.78 is 30.8. The highest BCUT2D eigenvalue weighted by molar-refractivity contribution is 9.10. The summed E-state index contributed by atoms with van der Waals surface area (Å²) in [5.41, 5.74) is -0.114. The second kappa shape index (κ2) is 7.18. The molecule has 1 amide bonds. The van der Waals surface area contributed by atoms with Gasteiger partial charge >= 0.3 is 5.97 Å². The number of benzene rings is 1. The van der Waals surface area contributed by atoms with Crippen molar-refractivity contribution in [1.29, 1.82) is 0 Å². The standard InChI is InChI=1S/C12H12BrF2NO3/c1-19-12(18)4-2-3-11(17)16-10-5-7(13)8(14)6-9(10)15/h5-6H,2-4H2,1H3,(H,16,17). The highest BCUT2D eigenvalue weighted by Gasteiger charge is 2.11. The van der Waals surface area contributed by atoms with Crippen LogP contribution in [0.25, 0.3) is 0 Å². The molecule has 0 aliphatic heterocycles. The summed E-state index contributed by atoms with van der Waals surface area (Å²) in [5, 5.41) is 2.31. The number of anilines is 1. The highest BCUT2D eigenvalue weighted by atomic mass is 79.9. The van der Waals surface area contributed by atoms with Crippen molar-refractivity contribution in [3.8, 4) is 0 Å². The first-order chi connectivity index (χ1) is 8.93. The van der Waals surface area contributed by atoms with Gasteiger partial charge in [-0.3, -0.25) is 9.59 Å². The van der Waals surface area contributed by atoms with Crippen LogP contribution in [0.15, 0.2) is 16.6 Å². The van der Waals surface area contributed by atoms with Crippen molar-refractivity contribution in [3.63, 3.8) is 0 Å². The van der Waals surface area contributed by atoms with Gasteiger partial charge in [0.2, 0.25) is 5.91 Å². The monoisotopic (exact) mass is 335 g/mol. The lowest BCUT2D eigenvalue weighted by atomic mass is 10.2. The molecule has 1 aromatic rings. The van der Waals surface area contributed by atoms with E-state index in [4.69, 9.17) is 0 Å². The normalized spacial score (nSPS) is 10.1. The van der Waals surface area contributed by atoms with Crippen molar-refractivity contribution in [2.75, 3.05) is 12.4 Å². The van der Waals surface area contributed by atoms with Gasteiger partial charge in [0, 0.05) is 18.9 Å². The molecule has 0 bridgehead atoms. The van der Waals surface area contributed by atoms with E-state index in [1.807, 2.05) is 0 Å². The molecule has 19 heavy (non-hydrogen) atoms. The van der Waals surface area contributed by atoms with Crippen LogP contribution >= 0.6 is 15.9 Å². The molecule has 0 radical (unpaired) electrons. The zero-order valence-electron chi connectivity index (χ0n) is 10.1. The zero-order valence-corrected chi connectivity index (χ0v) is 11.7. The van der Waals surface area contributed by atoms with Gasteiger partial charge in [0.05, 0.1) is 17.3 Å². The van der Waals surface area contributed by atoms with Crippen LogP contribution in [0.4, 0.5) is 14.5 Å². The largest absolute Gasteiger partial charge is 0.469 e. The van der Waals surface area contributed by atoms with Crippen molar-refractivity contribution in [3.05, 3.63) is 28.2 Å². The van der Waals surface area contributed by atoms with Crippen molar-refractivity contribution in [2.24, 2.45) is 0 Å². The topological polar surface area (TPSA) is 55.4 Å². The molecule has 4 nitrogen and oxygen atoms in total. The molecule has 0 saturated carbocycles. The van der Waals surface area contributed by atoms with Gasteiger partial charge in [-0.05, 0) is 28.4 Å². The molecule has 1 N–H and O–H groups in total. The molecule has 1 rings (SSSR count). The van der Waals surface area contributed by atoms with E-state index in [9.17, 15) is 18.4 Å². The van der Waals surface area contributed by atoms with E-state index in [1.165, 1.54) is 7.11 Å². The van der Waals surface area contributed by atoms with Crippen molar-refractivity contribution >= 4 is 33.5 Å². The summed E-state index contributed by atoms with van der Waals surface area (Å²) in [6.07, 6.45) is 0.450. The summed E-state index contributed by atoms with van der Waals surface area (Å²) in [6, 6.07) is 1.82. The van der Waals surface area contributed by atoms with E-state index in [0.29, 0.717) is 12.5 Å². The average molecular weight is 336 g/mol. The third-order valence-electron chi connectivity index (χ3n) is 2.30. The number of ether oxygens (including phenoxy) is 1. The lowest BCUT2D eigenvalue weighted by Crippen LogP contribution is -2.13. The maximum absolute atomic E-state index is 13.3. The molecule has 0 heterocycles. The van der Waals surface area contributed by atoms with E-state index in [1.54, 1.807) is 0 Å². The van der Waals surface area contributed by atoms with Crippen LogP contribution in [0.2, 0.25) is 0 Å². The highest BCUT2D eigenvalue weighted by Crippen LogP contribution is 2.23. The summed E-state index contributed by atoms with van der Waals surface area (Å²) >= 11 is 2.90.